The van der Waals surface area contributed by atoms with Gasteiger partial charge >= 0.3 is 0 Å². The third-order valence-electron chi connectivity index (χ3n) is 8.33. The number of fused-ring (bicyclic) bond motifs is 3. The van der Waals surface area contributed by atoms with Crippen LogP contribution in [0.25, 0.3) is 0 Å². The predicted molar refractivity (Wildman–Crippen MR) is 112 cm³/mol. The number of aromatic nitrogens is 2. The van der Waals surface area contributed by atoms with Crippen LogP contribution in [-0.2, 0) is 23.4 Å². The lowest BCUT2D eigenvalue weighted by atomic mass is 9.82. The topological polar surface area (TPSA) is 113 Å². The highest BCUT2D eigenvalue weighted by atomic mass is 19.1. The van der Waals surface area contributed by atoms with Crippen molar-refractivity contribution in [1.82, 2.24) is 20.2 Å². The normalized spacial score (nSPS) is 31.4. The standard InChI is InChI=1S/C23H25FN4O4/c1-12(29)27-23-20-26-16(18(31)25-10-13-4-6-15(24)7-5-13)17(30)19(32)28(20)11-14-8-9-21(23,2)22(14,23)3/h4-7,14,30H,8-11H2,1-3H3,(H,25,31)(H,27,29)/t14-,21-,22?,23-/m1/s1. The van der Waals surface area contributed by atoms with Crippen molar-refractivity contribution in [2.75, 3.05) is 0 Å². The largest absolute Gasteiger partial charge is 0.501 e. The Kier molecular flexibility index (Phi) is 4.13. The molecule has 2 amide bonds. The van der Waals surface area contributed by atoms with Gasteiger partial charge in [-0.15, -0.1) is 0 Å². The lowest BCUT2D eigenvalue weighted by Crippen LogP contribution is -2.51. The Morgan fingerprint density at radius 1 is 1.28 bits per heavy atom. The number of amides is 2. The lowest BCUT2D eigenvalue weighted by molar-refractivity contribution is -0.121. The molecule has 32 heavy (non-hydrogen) atoms. The van der Waals surface area contributed by atoms with E-state index in [1.807, 2.05) is 0 Å². The zero-order valence-corrected chi connectivity index (χ0v) is 18.2. The fourth-order valence-electron chi connectivity index (χ4n) is 6.56. The van der Waals surface area contributed by atoms with Gasteiger partial charge in [-0.3, -0.25) is 19.0 Å². The molecule has 3 aliphatic rings. The van der Waals surface area contributed by atoms with E-state index in [1.54, 1.807) is 0 Å². The molecule has 1 aliphatic heterocycles. The molecule has 168 valence electrons. The minimum absolute atomic E-state index is 0.0764. The molecule has 2 aromatic rings. The van der Waals surface area contributed by atoms with E-state index in [-0.39, 0.29) is 40.7 Å². The van der Waals surface area contributed by atoms with Gasteiger partial charge in [-0.25, -0.2) is 9.37 Å². The smallest absolute Gasteiger partial charge is 0.296 e. The van der Waals surface area contributed by atoms with Gasteiger partial charge in [-0.05, 0) is 36.5 Å². The molecule has 1 aromatic heterocycles. The number of carbonyl (C=O) groups excluding carboxylic acids is 2. The Hall–Kier alpha value is -3.23. The second kappa shape index (κ2) is 6.40. The van der Waals surface area contributed by atoms with E-state index in [1.165, 1.54) is 35.8 Å². The average Bonchev–Trinajstić information content (AvgIpc) is 3.00. The molecule has 0 saturated heterocycles. The minimum atomic E-state index is -0.869. The highest BCUT2D eigenvalue weighted by Gasteiger charge is 2.90. The SMILES string of the molecule is CC(=O)N[C@]12c3nc(C(=O)NCc4ccc(F)cc4)c(O)c(=O)n3C[C@H]3CC[C@]1(C)C32C. The van der Waals surface area contributed by atoms with E-state index in [2.05, 4.69) is 29.5 Å². The first-order chi connectivity index (χ1) is 15.1. The van der Waals surface area contributed by atoms with Crippen molar-refractivity contribution in [3.63, 3.8) is 0 Å². The molecule has 1 unspecified atom stereocenters. The van der Waals surface area contributed by atoms with E-state index in [4.69, 9.17) is 0 Å². The Morgan fingerprint density at radius 2 is 1.97 bits per heavy atom. The van der Waals surface area contributed by atoms with Crippen LogP contribution in [0.5, 0.6) is 5.75 Å². The molecule has 2 saturated carbocycles. The molecule has 5 rings (SSSR count). The van der Waals surface area contributed by atoms with Gasteiger partial charge in [0.25, 0.3) is 11.5 Å². The lowest BCUT2D eigenvalue weighted by Gasteiger charge is -2.37. The van der Waals surface area contributed by atoms with Crippen molar-refractivity contribution < 1.29 is 19.1 Å². The molecule has 2 fully saturated rings. The summed E-state index contributed by atoms with van der Waals surface area (Å²) in [5.74, 6) is -1.58. The molecule has 0 bridgehead atoms. The van der Waals surface area contributed by atoms with Gasteiger partial charge < -0.3 is 15.7 Å². The maximum atomic E-state index is 13.1. The van der Waals surface area contributed by atoms with Crippen LogP contribution in [0.3, 0.4) is 0 Å². The highest BCUT2D eigenvalue weighted by molar-refractivity contribution is 5.94. The van der Waals surface area contributed by atoms with Gasteiger partial charge in [0, 0.05) is 30.8 Å². The molecule has 2 heterocycles. The zero-order chi connectivity index (χ0) is 23.1. The monoisotopic (exact) mass is 440 g/mol. The van der Waals surface area contributed by atoms with Crippen LogP contribution in [-0.4, -0.2) is 26.5 Å². The number of benzene rings is 1. The van der Waals surface area contributed by atoms with Crippen molar-refractivity contribution in [2.24, 2.45) is 16.7 Å². The molecular formula is C23H25FN4O4. The molecule has 0 radical (unpaired) electrons. The number of carbonyl (C=O) groups is 2. The Labute approximate surface area is 183 Å². The summed E-state index contributed by atoms with van der Waals surface area (Å²) in [7, 11) is 0. The number of hydrogen-bond acceptors (Lipinski definition) is 5. The number of nitrogens with one attached hydrogen (secondary N) is 2. The van der Waals surface area contributed by atoms with Crippen LogP contribution in [0, 0.1) is 22.6 Å². The van der Waals surface area contributed by atoms with Crippen LogP contribution in [0.15, 0.2) is 29.1 Å². The Balaban J connectivity index is 1.56. The molecule has 9 heteroatoms. The molecule has 3 N–H and O–H groups in total. The fraction of sp³-hybridized carbons (Fsp3) is 0.478. The number of nitrogens with zero attached hydrogens (tertiary/aromatic N) is 2. The Bertz CT molecular complexity index is 1230. The summed E-state index contributed by atoms with van der Waals surface area (Å²) in [5, 5.41) is 16.2. The number of hydrogen-bond donors (Lipinski definition) is 3. The number of aromatic hydroxyl groups is 1. The summed E-state index contributed by atoms with van der Waals surface area (Å²) in [4.78, 5) is 42.6. The van der Waals surface area contributed by atoms with Crippen molar-refractivity contribution in [3.05, 3.63) is 57.5 Å². The fourth-order valence-corrected chi connectivity index (χ4v) is 6.56. The van der Waals surface area contributed by atoms with Crippen LogP contribution in [0.1, 0.15) is 55.5 Å². The van der Waals surface area contributed by atoms with E-state index < -0.39 is 22.8 Å². The quantitative estimate of drug-likeness (QED) is 0.671. The average molecular weight is 440 g/mol. The molecular weight excluding hydrogens is 415 g/mol. The van der Waals surface area contributed by atoms with Crippen molar-refractivity contribution in [1.29, 1.82) is 0 Å². The van der Waals surface area contributed by atoms with E-state index in [9.17, 15) is 23.9 Å². The molecule has 2 aliphatic carbocycles. The third-order valence-corrected chi connectivity index (χ3v) is 8.33. The second-order valence-electron chi connectivity index (χ2n) is 9.56. The molecule has 8 nitrogen and oxygen atoms in total. The van der Waals surface area contributed by atoms with Crippen molar-refractivity contribution in [2.45, 2.75) is 52.2 Å². The maximum absolute atomic E-state index is 13.1. The zero-order valence-electron chi connectivity index (χ0n) is 18.2. The van der Waals surface area contributed by atoms with Gasteiger partial charge in [0.1, 0.15) is 17.2 Å². The van der Waals surface area contributed by atoms with Crippen LogP contribution >= 0.6 is 0 Å². The van der Waals surface area contributed by atoms with Gasteiger partial charge in [-0.1, -0.05) is 26.0 Å². The summed E-state index contributed by atoms with van der Waals surface area (Å²) < 4.78 is 14.5. The van der Waals surface area contributed by atoms with Gasteiger partial charge in [0.2, 0.25) is 11.7 Å². The van der Waals surface area contributed by atoms with Crippen molar-refractivity contribution >= 4 is 11.8 Å². The molecule has 0 spiro atoms. The highest BCUT2D eigenvalue weighted by Crippen LogP contribution is 2.86. The summed E-state index contributed by atoms with van der Waals surface area (Å²) >= 11 is 0. The van der Waals surface area contributed by atoms with E-state index in [0.717, 1.165) is 12.8 Å². The maximum Gasteiger partial charge on any atom is 0.296 e. The first kappa shape index (κ1) is 20.7. The second-order valence-corrected chi connectivity index (χ2v) is 9.56. The summed E-state index contributed by atoms with van der Waals surface area (Å²) in [6.07, 6.45) is 1.79. The minimum Gasteiger partial charge on any atom is -0.501 e. The van der Waals surface area contributed by atoms with Crippen LogP contribution < -0.4 is 16.2 Å². The van der Waals surface area contributed by atoms with Gasteiger partial charge in [0.15, 0.2) is 5.69 Å². The summed E-state index contributed by atoms with van der Waals surface area (Å²) in [5.41, 5.74) is -1.86. The summed E-state index contributed by atoms with van der Waals surface area (Å²) in [6.45, 7) is 6.09. The van der Waals surface area contributed by atoms with E-state index in [0.29, 0.717) is 17.9 Å². The Morgan fingerprint density at radius 3 is 2.62 bits per heavy atom. The van der Waals surface area contributed by atoms with Crippen LogP contribution in [0.4, 0.5) is 4.39 Å². The van der Waals surface area contributed by atoms with Crippen molar-refractivity contribution in [3.8, 4) is 5.75 Å². The first-order valence-electron chi connectivity index (χ1n) is 10.7. The first-order valence-corrected chi connectivity index (χ1v) is 10.7. The van der Waals surface area contributed by atoms with Crippen LogP contribution in [0.2, 0.25) is 0 Å². The number of rotatable bonds is 4. The predicted octanol–water partition coefficient (Wildman–Crippen LogP) is 1.80. The van der Waals surface area contributed by atoms with Gasteiger partial charge in [0.05, 0.1) is 0 Å². The van der Waals surface area contributed by atoms with E-state index >= 15 is 0 Å². The molecule has 4 atom stereocenters. The third kappa shape index (κ3) is 2.31. The van der Waals surface area contributed by atoms with Gasteiger partial charge in [-0.2, -0.15) is 0 Å². The molecule has 1 aromatic carbocycles. The summed E-state index contributed by atoms with van der Waals surface area (Å²) in [6, 6.07) is 5.62. The number of halogens is 1.